The topological polar surface area (TPSA) is 67.2 Å². The zero-order valence-corrected chi connectivity index (χ0v) is 14.4. The number of carbonyl (C=O) groups is 2. The monoisotopic (exact) mass is 364 g/mol. The van der Waals surface area contributed by atoms with Crippen LogP contribution in [0.15, 0.2) is 24.5 Å². The Hall–Kier alpha value is -2.05. The van der Waals surface area contributed by atoms with E-state index in [0.717, 1.165) is 5.56 Å². The van der Waals surface area contributed by atoms with Crippen LogP contribution in [0, 0.1) is 0 Å². The number of hydrogen-bond donors (Lipinski definition) is 1. The number of carbonyl (C=O) groups excluding carboxylic acids is 2. The van der Waals surface area contributed by atoms with Crippen LogP contribution in [-0.4, -0.2) is 39.6 Å². The number of fused-ring (bicyclic) bond motifs is 2. The lowest BCUT2D eigenvalue weighted by molar-refractivity contribution is -0.120. The maximum absolute atomic E-state index is 12.6. The third-order valence-electron chi connectivity index (χ3n) is 4.77. The van der Waals surface area contributed by atoms with E-state index in [0.29, 0.717) is 40.8 Å². The summed E-state index contributed by atoms with van der Waals surface area (Å²) in [4.78, 5) is 27.0. The number of amides is 2. The summed E-state index contributed by atoms with van der Waals surface area (Å²) in [5.41, 5.74) is 1.23. The Balaban J connectivity index is 1.68. The molecule has 0 aliphatic carbocycles. The molecule has 2 aliphatic heterocycles. The Morgan fingerprint density at radius 2 is 2.08 bits per heavy atom. The lowest BCUT2D eigenvalue weighted by Crippen LogP contribution is -2.39. The van der Waals surface area contributed by atoms with Crippen molar-refractivity contribution in [3.8, 4) is 0 Å². The molecule has 3 heterocycles. The van der Waals surface area contributed by atoms with Gasteiger partial charge in [-0.2, -0.15) is 5.10 Å². The van der Waals surface area contributed by atoms with Crippen LogP contribution in [0.25, 0.3) is 0 Å². The first-order valence-electron chi connectivity index (χ1n) is 7.50. The second kappa shape index (κ2) is 5.22. The van der Waals surface area contributed by atoms with Crippen LogP contribution in [-0.2, 0) is 17.3 Å². The Kier molecular flexibility index (Phi) is 3.37. The molecule has 1 N–H and O–H groups in total. The molecule has 2 aromatic rings. The molecule has 8 heteroatoms. The van der Waals surface area contributed by atoms with E-state index >= 15 is 0 Å². The summed E-state index contributed by atoms with van der Waals surface area (Å²) >= 11 is 12.2. The number of rotatable bonds is 1. The Morgan fingerprint density at radius 1 is 1.33 bits per heavy atom. The van der Waals surface area contributed by atoms with Crippen LogP contribution < -0.4 is 5.32 Å². The van der Waals surface area contributed by atoms with E-state index in [1.54, 1.807) is 35.0 Å². The van der Waals surface area contributed by atoms with Gasteiger partial charge < -0.3 is 10.2 Å². The first kappa shape index (κ1) is 15.5. The van der Waals surface area contributed by atoms with Gasteiger partial charge in [-0.25, -0.2) is 0 Å². The van der Waals surface area contributed by atoms with E-state index in [1.165, 1.54) is 6.20 Å². The van der Waals surface area contributed by atoms with Crippen molar-refractivity contribution in [1.29, 1.82) is 0 Å². The predicted molar refractivity (Wildman–Crippen MR) is 90.5 cm³/mol. The van der Waals surface area contributed by atoms with Crippen LogP contribution in [0.1, 0.15) is 22.3 Å². The molecule has 1 fully saturated rings. The van der Waals surface area contributed by atoms with Gasteiger partial charge in [0.1, 0.15) is 0 Å². The number of nitrogens with zero attached hydrogens (tertiary/aromatic N) is 3. The number of aromatic nitrogens is 2. The van der Waals surface area contributed by atoms with E-state index in [2.05, 4.69) is 10.4 Å². The van der Waals surface area contributed by atoms with Crippen molar-refractivity contribution in [3.63, 3.8) is 0 Å². The van der Waals surface area contributed by atoms with E-state index in [9.17, 15) is 9.59 Å². The number of nitrogens with one attached hydrogen (secondary N) is 1. The van der Waals surface area contributed by atoms with Crippen LogP contribution in [0.2, 0.25) is 10.0 Å². The van der Waals surface area contributed by atoms with E-state index in [1.807, 2.05) is 0 Å². The van der Waals surface area contributed by atoms with Crippen molar-refractivity contribution in [1.82, 2.24) is 14.7 Å². The highest BCUT2D eigenvalue weighted by atomic mass is 35.5. The van der Waals surface area contributed by atoms with Crippen molar-refractivity contribution in [2.24, 2.45) is 7.05 Å². The van der Waals surface area contributed by atoms with Gasteiger partial charge in [0.15, 0.2) is 0 Å². The van der Waals surface area contributed by atoms with Crippen molar-refractivity contribution in [2.45, 2.75) is 11.8 Å². The average molecular weight is 365 g/mol. The molecule has 1 spiro atoms. The molecule has 0 radical (unpaired) electrons. The summed E-state index contributed by atoms with van der Waals surface area (Å²) in [6, 6.07) is 3.40. The second-order valence-corrected chi connectivity index (χ2v) is 7.04. The summed E-state index contributed by atoms with van der Waals surface area (Å²) in [5.74, 6) is -0.237. The molecule has 1 saturated heterocycles. The van der Waals surface area contributed by atoms with Gasteiger partial charge >= 0.3 is 0 Å². The van der Waals surface area contributed by atoms with Crippen LogP contribution in [0.4, 0.5) is 5.69 Å². The summed E-state index contributed by atoms with van der Waals surface area (Å²) in [5, 5.41) is 7.70. The van der Waals surface area contributed by atoms with Gasteiger partial charge in [0, 0.05) is 32.0 Å². The Morgan fingerprint density at radius 3 is 2.79 bits per heavy atom. The Labute approximate surface area is 148 Å². The molecule has 124 valence electrons. The highest BCUT2D eigenvalue weighted by Gasteiger charge is 2.52. The minimum absolute atomic E-state index is 0.114. The fourth-order valence-electron chi connectivity index (χ4n) is 3.51. The number of likely N-dealkylation sites (tertiary alicyclic amines) is 1. The number of aryl methyl sites for hydroxylation is 1. The minimum Gasteiger partial charge on any atom is -0.337 e. The van der Waals surface area contributed by atoms with Gasteiger partial charge in [0.25, 0.3) is 5.91 Å². The molecule has 6 nitrogen and oxygen atoms in total. The van der Waals surface area contributed by atoms with Crippen LogP contribution >= 0.6 is 23.2 Å². The molecule has 2 aliphatic rings. The third-order valence-corrected chi connectivity index (χ3v) is 5.49. The van der Waals surface area contributed by atoms with Gasteiger partial charge in [-0.3, -0.25) is 14.3 Å². The van der Waals surface area contributed by atoms with Gasteiger partial charge in [-0.15, -0.1) is 0 Å². The van der Waals surface area contributed by atoms with Gasteiger partial charge in [-0.05, 0) is 24.1 Å². The summed E-state index contributed by atoms with van der Waals surface area (Å²) in [7, 11) is 1.76. The van der Waals surface area contributed by atoms with Gasteiger partial charge in [0.05, 0.1) is 27.2 Å². The standard InChI is InChI=1S/C16H14Cl2N4O2/c1-21-7-9(6-19-21)14(23)22-3-2-16(8-22)10-4-11(17)12(18)5-13(10)20-15(16)24/h4-7H,2-3,8H2,1H3,(H,20,24)/t16-/m1/s1. The van der Waals surface area contributed by atoms with Crippen molar-refractivity contribution < 1.29 is 9.59 Å². The normalized spacial score (nSPS) is 22.1. The lowest BCUT2D eigenvalue weighted by atomic mass is 9.81. The molecule has 24 heavy (non-hydrogen) atoms. The van der Waals surface area contributed by atoms with Gasteiger partial charge in [-0.1, -0.05) is 23.2 Å². The molecule has 0 bridgehead atoms. The number of anilines is 1. The number of benzene rings is 1. The zero-order chi connectivity index (χ0) is 17.1. The molecular formula is C16H14Cl2N4O2. The van der Waals surface area contributed by atoms with Crippen LogP contribution in [0.5, 0.6) is 0 Å². The third kappa shape index (κ3) is 2.13. The quantitative estimate of drug-likeness (QED) is 0.844. The first-order valence-corrected chi connectivity index (χ1v) is 8.25. The summed E-state index contributed by atoms with van der Waals surface area (Å²) in [6.45, 7) is 0.818. The fourth-order valence-corrected chi connectivity index (χ4v) is 3.84. The highest BCUT2D eigenvalue weighted by molar-refractivity contribution is 6.42. The molecule has 2 amide bonds. The number of halogens is 2. The SMILES string of the molecule is Cn1cc(C(=O)N2CC[C@]3(C2)C(=O)Nc2cc(Cl)c(Cl)cc23)cn1. The maximum atomic E-state index is 12.6. The first-order chi connectivity index (χ1) is 11.4. The maximum Gasteiger partial charge on any atom is 0.257 e. The Bertz CT molecular complexity index is 879. The van der Waals surface area contributed by atoms with E-state index < -0.39 is 5.41 Å². The van der Waals surface area contributed by atoms with Crippen molar-refractivity contribution in [2.75, 3.05) is 18.4 Å². The molecule has 0 saturated carbocycles. The second-order valence-electron chi connectivity index (χ2n) is 6.23. The molecule has 1 aromatic carbocycles. The van der Waals surface area contributed by atoms with E-state index in [4.69, 9.17) is 23.2 Å². The largest absolute Gasteiger partial charge is 0.337 e. The zero-order valence-electron chi connectivity index (χ0n) is 12.8. The molecule has 0 unspecified atom stereocenters. The van der Waals surface area contributed by atoms with Crippen LogP contribution in [0.3, 0.4) is 0 Å². The molecular weight excluding hydrogens is 351 g/mol. The predicted octanol–water partition coefficient (Wildman–Crippen LogP) is 2.46. The van der Waals surface area contributed by atoms with E-state index in [-0.39, 0.29) is 11.8 Å². The van der Waals surface area contributed by atoms with Gasteiger partial charge in [0.2, 0.25) is 5.91 Å². The summed E-state index contributed by atoms with van der Waals surface area (Å²) in [6.07, 6.45) is 3.76. The van der Waals surface area contributed by atoms with Crippen molar-refractivity contribution >= 4 is 40.7 Å². The minimum atomic E-state index is -0.762. The smallest absolute Gasteiger partial charge is 0.257 e. The van der Waals surface area contributed by atoms with Crippen molar-refractivity contribution in [3.05, 3.63) is 45.7 Å². The summed E-state index contributed by atoms with van der Waals surface area (Å²) < 4.78 is 1.58. The fraction of sp³-hybridized carbons (Fsp3) is 0.312. The molecule has 1 aromatic heterocycles. The highest BCUT2D eigenvalue weighted by Crippen LogP contribution is 2.46. The number of hydrogen-bond acceptors (Lipinski definition) is 3. The average Bonchev–Trinajstić information content (AvgIpc) is 3.22. The molecule has 4 rings (SSSR count). The molecule has 1 atom stereocenters. The lowest BCUT2D eigenvalue weighted by Gasteiger charge is -2.22.